The predicted octanol–water partition coefficient (Wildman–Crippen LogP) is 0.957. The van der Waals surface area contributed by atoms with Gasteiger partial charge >= 0.3 is 0 Å². The molecule has 1 rings (SSSR count). The van der Waals surface area contributed by atoms with Crippen LogP contribution in [0.25, 0.3) is 0 Å². The van der Waals surface area contributed by atoms with Crippen LogP contribution in [-0.2, 0) is 9.59 Å². The number of hydrogen-bond acceptors (Lipinski definition) is 2. The van der Waals surface area contributed by atoms with Crippen molar-refractivity contribution in [3.8, 4) is 0 Å². The summed E-state index contributed by atoms with van der Waals surface area (Å²) in [6, 6.07) is 9.27. The van der Waals surface area contributed by atoms with Gasteiger partial charge in [0.15, 0.2) is 0 Å². The lowest BCUT2D eigenvalue weighted by molar-refractivity contribution is -0.122. The summed E-state index contributed by atoms with van der Waals surface area (Å²) in [5.41, 5.74) is 0.850. The number of carbonyl (C=O) groups excluding carboxylic acids is 2. The van der Waals surface area contributed by atoms with E-state index in [-0.39, 0.29) is 11.8 Å². The summed E-state index contributed by atoms with van der Waals surface area (Å²) in [4.78, 5) is 21.9. The van der Waals surface area contributed by atoms with Crippen molar-refractivity contribution in [1.82, 2.24) is 10.6 Å². The molecule has 0 heterocycles. The third kappa shape index (κ3) is 3.81. The van der Waals surface area contributed by atoms with Gasteiger partial charge in [-0.05, 0) is 5.56 Å². The first kappa shape index (κ1) is 11.2. The van der Waals surface area contributed by atoms with Crippen molar-refractivity contribution < 1.29 is 9.59 Å². The summed E-state index contributed by atoms with van der Waals surface area (Å²) >= 11 is 0. The van der Waals surface area contributed by atoms with Crippen LogP contribution in [0.4, 0.5) is 0 Å². The molecule has 0 aromatic heterocycles. The zero-order chi connectivity index (χ0) is 11.3. The van der Waals surface area contributed by atoms with E-state index in [2.05, 4.69) is 10.6 Å². The number of nitrogens with one attached hydrogen (secondary N) is 2. The Bertz CT molecular complexity index is 333. The van der Waals surface area contributed by atoms with Crippen molar-refractivity contribution in [3.05, 3.63) is 35.9 Å². The fraction of sp³-hybridized carbons (Fsp3) is 0.273. The Kier molecular flexibility index (Phi) is 3.85. The van der Waals surface area contributed by atoms with Crippen LogP contribution in [0.5, 0.6) is 0 Å². The average molecular weight is 206 g/mol. The highest BCUT2D eigenvalue weighted by molar-refractivity contribution is 5.76. The second-order valence-corrected chi connectivity index (χ2v) is 3.24. The van der Waals surface area contributed by atoms with Crippen LogP contribution in [0, 0.1) is 0 Å². The van der Waals surface area contributed by atoms with Gasteiger partial charge in [0.25, 0.3) is 0 Å². The van der Waals surface area contributed by atoms with E-state index in [0.717, 1.165) is 5.56 Å². The molecule has 0 radical (unpaired) electrons. The molecule has 1 aromatic rings. The molecule has 1 aromatic carbocycles. The summed E-state index contributed by atoms with van der Waals surface area (Å²) in [7, 11) is 0. The van der Waals surface area contributed by atoms with Crippen LogP contribution in [-0.4, -0.2) is 11.8 Å². The van der Waals surface area contributed by atoms with Gasteiger partial charge < -0.3 is 10.6 Å². The molecule has 0 aliphatic heterocycles. The number of carbonyl (C=O) groups is 2. The molecule has 0 aliphatic rings. The van der Waals surface area contributed by atoms with Gasteiger partial charge in [0, 0.05) is 13.8 Å². The lowest BCUT2D eigenvalue weighted by atomic mass is 10.1. The van der Waals surface area contributed by atoms with Crippen molar-refractivity contribution in [2.24, 2.45) is 0 Å². The van der Waals surface area contributed by atoms with Gasteiger partial charge in [-0.3, -0.25) is 9.59 Å². The first-order valence-corrected chi connectivity index (χ1v) is 4.68. The molecule has 0 saturated carbocycles. The number of rotatable bonds is 3. The second-order valence-electron chi connectivity index (χ2n) is 3.24. The van der Waals surface area contributed by atoms with Crippen LogP contribution in [0.1, 0.15) is 25.6 Å². The molecule has 0 atom stereocenters. The van der Waals surface area contributed by atoms with Crippen molar-refractivity contribution in [1.29, 1.82) is 0 Å². The maximum atomic E-state index is 10.9. The maximum Gasteiger partial charge on any atom is 0.218 e. The lowest BCUT2D eigenvalue weighted by Crippen LogP contribution is -2.39. The first-order valence-electron chi connectivity index (χ1n) is 4.68. The minimum atomic E-state index is -0.457. The van der Waals surface area contributed by atoms with E-state index in [1.165, 1.54) is 13.8 Å². The fourth-order valence-corrected chi connectivity index (χ4v) is 1.25. The van der Waals surface area contributed by atoms with Crippen molar-refractivity contribution in [3.63, 3.8) is 0 Å². The monoisotopic (exact) mass is 206 g/mol. The smallest absolute Gasteiger partial charge is 0.218 e. The Morgan fingerprint density at radius 1 is 1.00 bits per heavy atom. The summed E-state index contributed by atoms with van der Waals surface area (Å²) in [6.45, 7) is 2.83. The summed E-state index contributed by atoms with van der Waals surface area (Å²) < 4.78 is 0. The van der Waals surface area contributed by atoms with Crippen molar-refractivity contribution >= 4 is 11.8 Å². The van der Waals surface area contributed by atoms with Crippen molar-refractivity contribution in [2.75, 3.05) is 0 Å². The number of amides is 2. The Hall–Kier alpha value is -1.84. The van der Waals surface area contributed by atoms with E-state index >= 15 is 0 Å². The summed E-state index contributed by atoms with van der Waals surface area (Å²) in [6.07, 6.45) is -0.457. The summed E-state index contributed by atoms with van der Waals surface area (Å²) in [5, 5.41) is 5.31. The van der Waals surface area contributed by atoms with Gasteiger partial charge in [-0.1, -0.05) is 30.3 Å². The summed E-state index contributed by atoms with van der Waals surface area (Å²) in [5.74, 6) is -0.366. The Balaban J connectivity index is 2.81. The second kappa shape index (κ2) is 5.14. The van der Waals surface area contributed by atoms with Gasteiger partial charge in [0.2, 0.25) is 11.8 Å². The van der Waals surface area contributed by atoms with Gasteiger partial charge in [0.05, 0.1) is 0 Å². The molecule has 0 spiro atoms. The largest absolute Gasteiger partial charge is 0.332 e. The maximum absolute atomic E-state index is 10.9. The van der Waals surface area contributed by atoms with E-state index in [9.17, 15) is 9.59 Å². The molecule has 2 N–H and O–H groups in total. The highest BCUT2D eigenvalue weighted by Crippen LogP contribution is 2.08. The molecule has 0 saturated heterocycles. The van der Waals surface area contributed by atoms with Crippen LogP contribution in [0.2, 0.25) is 0 Å². The first-order chi connectivity index (χ1) is 7.09. The van der Waals surface area contributed by atoms with Crippen LogP contribution in [0.15, 0.2) is 30.3 Å². The van der Waals surface area contributed by atoms with Crippen LogP contribution < -0.4 is 10.6 Å². The molecular formula is C11H14N2O2. The van der Waals surface area contributed by atoms with E-state index in [0.29, 0.717) is 0 Å². The fourth-order valence-electron chi connectivity index (χ4n) is 1.25. The average Bonchev–Trinajstić information content (AvgIpc) is 2.17. The molecule has 0 aliphatic carbocycles. The molecule has 0 unspecified atom stereocenters. The van der Waals surface area contributed by atoms with Gasteiger partial charge in [-0.25, -0.2) is 0 Å². The quantitative estimate of drug-likeness (QED) is 0.724. The minimum absolute atomic E-state index is 0.183. The topological polar surface area (TPSA) is 58.2 Å². The standard InChI is InChI=1S/C11H14N2O2/c1-8(14)12-11(13-9(2)15)10-6-4-3-5-7-10/h3-7,11H,1-2H3,(H,12,14)(H,13,15). The van der Waals surface area contributed by atoms with Crippen LogP contribution >= 0.6 is 0 Å². The molecule has 0 fully saturated rings. The van der Waals surface area contributed by atoms with E-state index in [1.54, 1.807) is 0 Å². The minimum Gasteiger partial charge on any atom is -0.332 e. The molecule has 4 nitrogen and oxygen atoms in total. The van der Waals surface area contributed by atoms with E-state index in [4.69, 9.17) is 0 Å². The zero-order valence-electron chi connectivity index (χ0n) is 8.78. The molecule has 4 heteroatoms. The van der Waals surface area contributed by atoms with E-state index < -0.39 is 6.17 Å². The van der Waals surface area contributed by atoms with Crippen LogP contribution in [0.3, 0.4) is 0 Å². The van der Waals surface area contributed by atoms with Gasteiger partial charge in [-0.15, -0.1) is 0 Å². The third-order valence-electron chi connectivity index (χ3n) is 1.83. The Morgan fingerprint density at radius 3 is 1.87 bits per heavy atom. The molecule has 80 valence electrons. The van der Waals surface area contributed by atoms with Crippen molar-refractivity contribution in [2.45, 2.75) is 20.0 Å². The number of hydrogen-bond donors (Lipinski definition) is 2. The predicted molar refractivity (Wildman–Crippen MR) is 56.8 cm³/mol. The lowest BCUT2D eigenvalue weighted by Gasteiger charge is -2.18. The normalized spacial score (nSPS) is 9.80. The molecular weight excluding hydrogens is 192 g/mol. The Labute approximate surface area is 88.7 Å². The van der Waals surface area contributed by atoms with E-state index in [1.807, 2.05) is 30.3 Å². The highest BCUT2D eigenvalue weighted by Gasteiger charge is 2.12. The van der Waals surface area contributed by atoms with Gasteiger partial charge in [0.1, 0.15) is 6.17 Å². The molecule has 15 heavy (non-hydrogen) atoms. The molecule has 2 amide bonds. The molecule has 0 bridgehead atoms. The SMILES string of the molecule is CC(=O)NC(NC(C)=O)c1ccccc1. The highest BCUT2D eigenvalue weighted by atomic mass is 16.2. The van der Waals surface area contributed by atoms with Gasteiger partial charge in [-0.2, -0.15) is 0 Å². The third-order valence-corrected chi connectivity index (χ3v) is 1.83. The Morgan fingerprint density at radius 2 is 1.47 bits per heavy atom. The number of benzene rings is 1. The zero-order valence-corrected chi connectivity index (χ0v) is 8.78.